The Morgan fingerprint density at radius 3 is 2.56 bits per heavy atom. The smallest absolute Gasteiger partial charge is 0.141 e. The Morgan fingerprint density at radius 1 is 1.17 bits per heavy atom. The largest absolute Gasteiger partial charge is 0.307 e. The van der Waals surface area contributed by atoms with Crippen molar-refractivity contribution in [3.05, 3.63) is 48.3 Å². The highest BCUT2D eigenvalue weighted by atomic mass is 19.1. The Kier molecular flexibility index (Phi) is 3.02. The summed E-state index contributed by atoms with van der Waals surface area (Å²) in [6.45, 7) is 0.683. The highest BCUT2D eigenvalue weighted by Gasteiger charge is 2.20. The molecule has 1 fully saturated rings. The molecular formula is C14H14FN3. The number of halogens is 1. The van der Waals surface area contributed by atoms with Crippen molar-refractivity contribution in [1.82, 2.24) is 15.3 Å². The molecule has 0 spiro atoms. The number of hydrogen-bond donors (Lipinski definition) is 1. The monoisotopic (exact) mass is 243 g/mol. The minimum absolute atomic E-state index is 0.245. The molecule has 1 aromatic heterocycles. The number of nitrogens with zero attached hydrogens (tertiary/aromatic N) is 2. The standard InChI is InChI=1S/C14H14FN3/c15-13-4-2-1-3-12(13)10-7-17-14(18-8-10)9-16-11-5-6-11/h1-4,7-8,11,16H,5-6,9H2. The first-order valence-electron chi connectivity index (χ1n) is 6.12. The Labute approximate surface area is 105 Å². The van der Waals surface area contributed by atoms with Gasteiger partial charge in [0, 0.05) is 29.6 Å². The van der Waals surface area contributed by atoms with Crippen molar-refractivity contribution < 1.29 is 4.39 Å². The average Bonchev–Trinajstić information content (AvgIpc) is 3.22. The van der Waals surface area contributed by atoms with Crippen LogP contribution in [0, 0.1) is 5.82 Å². The van der Waals surface area contributed by atoms with Crippen LogP contribution >= 0.6 is 0 Å². The highest BCUT2D eigenvalue weighted by molar-refractivity contribution is 5.61. The Bertz CT molecular complexity index is 535. The van der Waals surface area contributed by atoms with Gasteiger partial charge in [-0.25, -0.2) is 14.4 Å². The lowest BCUT2D eigenvalue weighted by Gasteiger charge is -2.04. The fourth-order valence-electron chi connectivity index (χ4n) is 1.80. The normalized spacial score (nSPS) is 14.7. The first kappa shape index (κ1) is 11.3. The molecule has 92 valence electrons. The van der Waals surface area contributed by atoms with Crippen molar-refractivity contribution in [2.75, 3.05) is 0 Å². The van der Waals surface area contributed by atoms with Gasteiger partial charge in [0.2, 0.25) is 0 Å². The zero-order valence-corrected chi connectivity index (χ0v) is 9.94. The van der Waals surface area contributed by atoms with Crippen LogP contribution in [0.5, 0.6) is 0 Å². The van der Waals surface area contributed by atoms with Crippen LogP contribution in [-0.2, 0) is 6.54 Å². The number of rotatable bonds is 4. The predicted octanol–water partition coefficient (Wildman–Crippen LogP) is 2.53. The molecule has 0 amide bonds. The van der Waals surface area contributed by atoms with Crippen molar-refractivity contribution in [2.45, 2.75) is 25.4 Å². The quantitative estimate of drug-likeness (QED) is 0.896. The zero-order valence-electron chi connectivity index (χ0n) is 9.94. The fraction of sp³-hybridized carbons (Fsp3) is 0.286. The van der Waals surface area contributed by atoms with Gasteiger partial charge in [0.05, 0.1) is 6.54 Å². The summed E-state index contributed by atoms with van der Waals surface area (Å²) in [5, 5.41) is 3.34. The van der Waals surface area contributed by atoms with Crippen LogP contribution < -0.4 is 5.32 Å². The predicted molar refractivity (Wildman–Crippen MR) is 67.3 cm³/mol. The average molecular weight is 243 g/mol. The molecule has 3 rings (SSSR count). The van der Waals surface area contributed by atoms with E-state index in [4.69, 9.17) is 0 Å². The summed E-state index contributed by atoms with van der Waals surface area (Å²) >= 11 is 0. The number of hydrogen-bond acceptors (Lipinski definition) is 3. The molecular weight excluding hydrogens is 229 g/mol. The Balaban J connectivity index is 1.75. The topological polar surface area (TPSA) is 37.8 Å². The molecule has 1 aliphatic rings. The van der Waals surface area contributed by atoms with Crippen molar-refractivity contribution in [3.63, 3.8) is 0 Å². The minimum atomic E-state index is -0.245. The van der Waals surface area contributed by atoms with Crippen LogP contribution in [0.15, 0.2) is 36.7 Å². The van der Waals surface area contributed by atoms with E-state index in [9.17, 15) is 4.39 Å². The second kappa shape index (κ2) is 4.82. The second-order valence-electron chi connectivity index (χ2n) is 4.52. The maximum absolute atomic E-state index is 13.6. The Hall–Kier alpha value is -1.81. The molecule has 1 saturated carbocycles. The van der Waals surface area contributed by atoms with Gasteiger partial charge >= 0.3 is 0 Å². The van der Waals surface area contributed by atoms with Gasteiger partial charge in [0.25, 0.3) is 0 Å². The van der Waals surface area contributed by atoms with E-state index in [-0.39, 0.29) is 5.82 Å². The number of aromatic nitrogens is 2. The van der Waals surface area contributed by atoms with Crippen LogP contribution in [-0.4, -0.2) is 16.0 Å². The third-order valence-corrected chi connectivity index (χ3v) is 3.02. The van der Waals surface area contributed by atoms with E-state index in [2.05, 4.69) is 15.3 Å². The summed E-state index contributed by atoms with van der Waals surface area (Å²) in [5.74, 6) is 0.506. The van der Waals surface area contributed by atoms with Gasteiger partial charge in [-0.2, -0.15) is 0 Å². The summed E-state index contributed by atoms with van der Waals surface area (Å²) in [7, 11) is 0. The van der Waals surface area contributed by atoms with Gasteiger partial charge in [-0.3, -0.25) is 0 Å². The molecule has 18 heavy (non-hydrogen) atoms. The maximum Gasteiger partial charge on any atom is 0.141 e. The van der Waals surface area contributed by atoms with Crippen molar-refractivity contribution in [2.24, 2.45) is 0 Å². The van der Waals surface area contributed by atoms with Crippen molar-refractivity contribution >= 4 is 0 Å². The molecule has 0 saturated heterocycles. The van der Waals surface area contributed by atoms with Crippen molar-refractivity contribution in [3.8, 4) is 11.1 Å². The van der Waals surface area contributed by atoms with Crippen LogP contribution in [0.1, 0.15) is 18.7 Å². The van der Waals surface area contributed by atoms with E-state index in [1.807, 2.05) is 0 Å². The number of nitrogens with one attached hydrogen (secondary N) is 1. The first-order chi connectivity index (χ1) is 8.83. The summed E-state index contributed by atoms with van der Waals surface area (Å²) < 4.78 is 13.6. The van der Waals surface area contributed by atoms with E-state index >= 15 is 0 Å². The molecule has 0 radical (unpaired) electrons. The van der Waals surface area contributed by atoms with Crippen LogP contribution in [0.4, 0.5) is 4.39 Å². The third-order valence-electron chi connectivity index (χ3n) is 3.02. The molecule has 0 bridgehead atoms. The SMILES string of the molecule is Fc1ccccc1-c1cnc(CNC2CC2)nc1. The molecule has 0 aliphatic heterocycles. The lowest BCUT2D eigenvalue weighted by atomic mass is 10.1. The summed E-state index contributed by atoms with van der Waals surface area (Å²) in [4.78, 5) is 8.51. The van der Waals surface area contributed by atoms with E-state index in [1.165, 1.54) is 18.9 Å². The molecule has 1 N–H and O–H groups in total. The molecule has 1 aromatic carbocycles. The Morgan fingerprint density at radius 2 is 1.89 bits per heavy atom. The molecule has 0 atom stereocenters. The van der Waals surface area contributed by atoms with E-state index in [0.717, 1.165) is 5.82 Å². The summed E-state index contributed by atoms with van der Waals surface area (Å²) in [6.07, 6.45) is 5.84. The van der Waals surface area contributed by atoms with Crippen LogP contribution in [0.2, 0.25) is 0 Å². The first-order valence-corrected chi connectivity index (χ1v) is 6.12. The molecule has 1 heterocycles. The maximum atomic E-state index is 13.6. The summed E-state index contributed by atoms with van der Waals surface area (Å²) in [5.41, 5.74) is 1.25. The zero-order chi connectivity index (χ0) is 12.4. The second-order valence-corrected chi connectivity index (χ2v) is 4.52. The van der Waals surface area contributed by atoms with Gasteiger partial charge in [0.15, 0.2) is 0 Å². The molecule has 0 unspecified atom stereocenters. The van der Waals surface area contributed by atoms with Gasteiger partial charge in [-0.05, 0) is 18.9 Å². The molecule has 1 aliphatic carbocycles. The molecule has 4 heteroatoms. The van der Waals surface area contributed by atoms with Gasteiger partial charge in [0.1, 0.15) is 11.6 Å². The van der Waals surface area contributed by atoms with Crippen LogP contribution in [0.25, 0.3) is 11.1 Å². The van der Waals surface area contributed by atoms with E-state index in [0.29, 0.717) is 23.7 Å². The van der Waals surface area contributed by atoms with E-state index < -0.39 is 0 Å². The van der Waals surface area contributed by atoms with Crippen molar-refractivity contribution in [1.29, 1.82) is 0 Å². The van der Waals surface area contributed by atoms with Gasteiger partial charge in [-0.1, -0.05) is 18.2 Å². The molecule has 3 nitrogen and oxygen atoms in total. The lowest BCUT2D eigenvalue weighted by molar-refractivity contribution is 0.630. The van der Waals surface area contributed by atoms with Gasteiger partial charge < -0.3 is 5.32 Å². The third kappa shape index (κ3) is 2.54. The summed E-state index contributed by atoms with van der Waals surface area (Å²) in [6, 6.07) is 7.29. The fourth-order valence-corrected chi connectivity index (χ4v) is 1.80. The minimum Gasteiger partial charge on any atom is -0.307 e. The number of benzene rings is 1. The van der Waals surface area contributed by atoms with Gasteiger partial charge in [-0.15, -0.1) is 0 Å². The highest BCUT2D eigenvalue weighted by Crippen LogP contribution is 2.21. The van der Waals surface area contributed by atoms with E-state index in [1.54, 1.807) is 30.6 Å². The van der Waals surface area contributed by atoms with Crippen LogP contribution in [0.3, 0.4) is 0 Å². The molecule has 2 aromatic rings. The lowest BCUT2D eigenvalue weighted by Crippen LogP contribution is -2.17.